The topological polar surface area (TPSA) is 66.5 Å². The normalized spacial score (nSPS) is 18.5. The minimum atomic E-state index is -3.80. The molecule has 3 rings (SSSR count). The van der Waals surface area contributed by atoms with Crippen LogP contribution in [-0.4, -0.2) is 31.2 Å². The third kappa shape index (κ3) is 4.13. The smallest absolute Gasteiger partial charge is 0.243 e. The number of hydrogen-bond acceptors (Lipinski definition) is 3. The summed E-state index contributed by atoms with van der Waals surface area (Å²) >= 11 is 3.28. The summed E-state index contributed by atoms with van der Waals surface area (Å²) in [4.78, 5) is 12.8. The Morgan fingerprint density at radius 3 is 2.58 bits per heavy atom. The zero-order valence-electron chi connectivity index (χ0n) is 13.9. The van der Waals surface area contributed by atoms with Gasteiger partial charge in [0.15, 0.2) is 0 Å². The summed E-state index contributed by atoms with van der Waals surface area (Å²) in [6, 6.07) is 11.0. The third-order valence-corrected chi connectivity index (χ3v) is 6.72. The van der Waals surface area contributed by atoms with Crippen molar-refractivity contribution in [2.24, 2.45) is 0 Å². The van der Waals surface area contributed by atoms with Crippen molar-refractivity contribution in [2.75, 3.05) is 11.9 Å². The predicted molar refractivity (Wildman–Crippen MR) is 101 cm³/mol. The van der Waals surface area contributed by atoms with Gasteiger partial charge in [0.1, 0.15) is 11.9 Å². The standard InChI is InChI=1S/C18H18BrFN2O3S/c19-13-7-9-16(10-8-13)26(24,25)22-11-2-1-6-17(22)18(23)21-15-5-3-4-14(20)12-15/h3-5,7-10,12,17H,1-2,6,11H2,(H,21,23)/t17-/m0/s1. The molecule has 5 nitrogen and oxygen atoms in total. The first kappa shape index (κ1) is 19.0. The number of benzene rings is 2. The van der Waals surface area contributed by atoms with Crippen molar-refractivity contribution in [3.63, 3.8) is 0 Å². The van der Waals surface area contributed by atoms with Crippen molar-refractivity contribution in [1.82, 2.24) is 4.31 Å². The summed E-state index contributed by atoms with van der Waals surface area (Å²) in [7, 11) is -3.80. The fourth-order valence-corrected chi connectivity index (χ4v) is 4.91. The molecule has 1 saturated heterocycles. The molecule has 1 amide bonds. The Balaban J connectivity index is 1.85. The summed E-state index contributed by atoms with van der Waals surface area (Å²) in [6.07, 6.45) is 1.88. The maximum Gasteiger partial charge on any atom is 0.243 e. The van der Waals surface area contributed by atoms with Gasteiger partial charge < -0.3 is 5.32 Å². The number of carbonyl (C=O) groups excluding carboxylic acids is 1. The highest BCUT2D eigenvalue weighted by Gasteiger charge is 2.37. The quantitative estimate of drug-likeness (QED) is 0.786. The van der Waals surface area contributed by atoms with Crippen LogP contribution in [0.5, 0.6) is 0 Å². The van der Waals surface area contributed by atoms with E-state index in [1.54, 1.807) is 18.2 Å². The van der Waals surface area contributed by atoms with Gasteiger partial charge in [-0.05, 0) is 55.3 Å². The molecule has 26 heavy (non-hydrogen) atoms. The number of carbonyl (C=O) groups is 1. The second-order valence-electron chi connectivity index (χ2n) is 6.08. The van der Waals surface area contributed by atoms with Crippen LogP contribution in [0.2, 0.25) is 0 Å². The molecular weight excluding hydrogens is 423 g/mol. The highest BCUT2D eigenvalue weighted by molar-refractivity contribution is 9.10. The van der Waals surface area contributed by atoms with Gasteiger partial charge in [0.05, 0.1) is 4.90 Å². The first-order chi connectivity index (χ1) is 12.4. The first-order valence-electron chi connectivity index (χ1n) is 8.22. The van der Waals surface area contributed by atoms with E-state index in [1.165, 1.54) is 34.6 Å². The summed E-state index contributed by atoms with van der Waals surface area (Å²) in [5.41, 5.74) is 0.307. The van der Waals surface area contributed by atoms with Gasteiger partial charge in [-0.25, -0.2) is 12.8 Å². The molecule has 0 aromatic heterocycles. The first-order valence-corrected chi connectivity index (χ1v) is 10.4. The zero-order valence-corrected chi connectivity index (χ0v) is 16.3. The van der Waals surface area contributed by atoms with Gasteiger partial charge in [-0.15, -0.1) is 0 Å². The highest BCUT2D eigenvalue weighted by atomic mass is 79.9. The van der Waals surface area contributed by atoms with E-state index in [4.69, 9.17) is 0 Å². The van der Waals surface area contributed by atoms with Crippen LogP contribution in [0.3, 0.4) is 0 Å². The van der Waals surface area contributed by atoms with Gasteiger partial charge in [0, 0.05) is 16.7 Å². The minimum absolute atomic E-state index is 0.145. The molecule has 1 aliphatic rings. The Bertz CT molecular complexity index is 903. The van der Waals surface area contributed by atoms with Gasteiger partial charge >= 0.3 is 0 Å². The number of rotatable bonds is 4. The Labute approximate surface area is 160 Å². The van der Waals surface area contributed by atoms with Gasteiger partial charge in [-0.1, -0.05) is 28.4 Å². The maximum absolute atomic E-state index is 13.3. The lowest BCUT2D eigenvalue weighted by molar-refractivity contribution is -0.120. The molecular formula is C18H18BrFN2O3S. The molecule has 138 valence electrons. The SMILES string of the molecule is O=C(Nc1cccc(F)c1)[C@@H]1CCCCN1S(=O)(=O)c1ccc(Br)cc1. The van der Waals surface area contributed by atoms with Crippen molar-refractivity contribution in [3.05, 3.63) is 58.8 Å². The van der Waals surface area contributed by atoms with Crippen LogP contribution in [0.1, 0.15) is 19.3 Å². The number of nitrogens with zero attached hydrogens (tertiary/aromatic N) is 1. The monoisotopic (exact) mass is 440 g/mol. The van der Waals surface area contributed by atoms with E-state index in [9.17, 15) is 17.6 Å². The van der Waals surface area contributed by atoms with E-state index in [0.717, 1.165) is 10.9 Å². The van der Waals surface area contributed by atoms with Crippen LogP contribution in [-0.2, 0) is 14.8 Å². The third-order valence-electron chi connectivity index (χ3n) is 4.27. The Morgan fingerprint density at radius 2 is 1.88 bits per heavy atom. The maximum atomic E-state index is 13.3. The summed E-state index contributed by atoms with van der Waals surface area (Å²) < 4.78 is 41.3. The molecule has 1 fully saturated rings. The van der Waals surface area contributed by atoms with Crippen LogP contribution in [0.15, 0.2) is 57.9 Å². The zero-order chi connectivity index (χ0) is 18.7. The van der Waals surface area contributed by atoms with Crippen LogP contribution < -0.4 is 5.32 Å². The minimum Gasteiger partial charge on any atom is -0.325 e. The fourth-order valence-electron chi connectivity index (χ4n) is 2.99. The molecule has 0 aliphatic carbocycles. The van der Waals surface area contributed by atoms with E-state index >= 15 is 0 Å². The molecule has 1 aliphatic heterocycles. The summed E-state index contributed by atoms with van der Waals surface area (Å²) in [5, 5.41) is 2.62. The molecule has 0 bridgehead atoms. The molecule has 8 heteroatoms. The summed E-state index contributed by atoms with van der Waals surface area (Å²) in [6.45, 7) is 0.277. The number of amides is 1. The lowest BCUT2D eigenvalue weighted by Crippen LogP contribution is -2.49. The molecule has 0 radical (unpaired) electrons. The average Bonchev–Trinajstić information content (AvgIpc) is 2.62. The highest BCUT2D eigenvalue weighted by Crippen LogP contribution is 2.27. The Morgan fingerprint density at radius 1 is 1.15 bits per heavy atom. The molecule has 2 aromatic rings. The van der Waals surface area contributed by atoms with Crippen molar-refractivity contribution in [3.8, 4) is 0 Å². The number of halogens is 2. The van der Waals surface area contributed by atoms with Crippen molar-refractivity contribution < 1.29 is 17.6 Å². The van der Waals surface area contributed by atoms with E-state index < -0.39 is 27.8 Å². The molecule has 2 aromatic carbocycles. The lowest BCUT2D eigenvalue weighted by Gasteiger charge is -2.33. The van der Waals surface area contributed by atoms with Crippen molar-refractivity contribution in [1.29, 1.82) is 0 Å². The van der Waals surface area contributed by atoms with E-state index in [2.05, 4.69) is 21.2 Å². The van der Waals surface area contributed by atoms with Gasteiger partial charge in [-0.2, -0.15) is 4.31 Å². The van der Waals surface area contributed by atoms with Crippen molar-refractivity contribution in [2.45, 2.75) is 30.2 Å². The average molecular weight is 441 g/mol. The molecule has 0 spiro atoms. The number of hydrogen-bond donors (Lipinski definition) is 1. The van der Waals surface area contributed by atoms with Crippen LogP contribution >= 0.6 is 15.9 Å². The molecule has 1 atom stereocenters. The predicted octanol–water partition coefficient (Wildman–Crippen LogP) is 3.77. The van der Waals surface area contributed by atoms with Crippen LogP contribution in [0, 0.1) is 5.82 Å². The fraction of sp³-hybridized carbons (Fsp3) is 0.278. The largest absolute Gasteiger partial charge is 0.325 e. The number of sulfonamides is 1. The number of nitrogens with one attached hydrogen (secondary N) is 1. The Hall–Kier alpha value is -1.77. The van der Waals surface area contributed by atoms with E-state index in [1.807, 2.05) is 0 Å². The second kappa shape index (κ2) is 7.85. The van der Waals surface area contributed by atoms with Gasteiger partial charge in [0.25, 0.3) is 0 Å². The van der Waals surface area contributed by atoms with E-state index in [0.29, 0.717) is 18.5 Å². The lowest BCUT2D eigenvalue weighted by atomic mass is 10.0. The summed E-state index contributed by atoms with van der Waals surface area (Å²) in [5.74, 6) is -0.915. The molecule has 0 unspecified atom stereocenters. The van der Waals surface area contributed by atoms with Gasteiger partial charge in [-0.3, -0.25) is 4.79 Å². The van der Waals surface area contributed by atoms with Crippen LogP contribution in [0.25, 0.3) is 0 Å². The van der Waals surface area contributed by atoms with E-state index in [-0.39, 0.29) is 11.4 Å². The number of piperidine rings is 1. The molecule has 1 heterocycles. The van der Waals surface area contributed by atoms with Gasteiger partial charge in [0.2, 0.25) is 15.9 Å². The molecule has 0 saturated carbocycles. The van der Waals surface area contributed by atoms with Crippen molar-refractivity contribution >= 4 is 37.5 Å². The second-order valence-corrected chi connectivity index (χ2v) is 8.89. The Kier molecular flexibility index (Phi) is 5.74. The molecule has 1 N–H and O–H groups in total. The number of anilines is 1. The van der Waals surface area contributed by atoms with Crippen LogP contribution in [0.4, 0.5) is 10.1 Å².